The first-order valence-electron chi connectivity index (χ1n) is 9.49. The fourth-order valence-electron chi connectivity index (χ4n) is 3.36. The lowest BCUT2D eigenvalue weighted by Gasteiger charge is -2.12. The standard InChI is InChI=1S/C24H19ClN2O3/c1-15(23(28)17-8-11-19(25)12-9-17)30-24(29)18-10-13-22-21(14-18)26-16(2)27(22)20-6-4-3-5-7-20/h3-15H,1-2H3/t15-/m1/s1. The van der Waals surface area contributed by atoms with Crippen LogP contribution >= 0.6 is 11.6 Å². The highest BCUT2D eigenvalue weighted by atomic mass is 35.5. The summed E-state index contributed by atoms with van der Waals surface area (Å²) < 4.78 is 7.42. The molecule has 0 unspecified atom stereocenters. The van der Waals surface area contributed by atoms with Gasteiger partial charge in [-0.3, -0.25) is 9.36 Å². The summed E-state index contributed by atoms with van der Waals surface area (Å²) in [5, 5.41) is 0.537. The van der Waals surface area contributed by atoms with E-state index in [9.17, 15) is 9.59 Å². The molecule has 0 saturated heterocycles. The van der Waals surface area contributed by atoms with E-state index in [0.717, 1.165) is 17.0 Å². The molecule has 0 amide bonds. The molecule has 1 aromatic heterocycles. The van der Waals surface area contributed by atoms with Crippen LogP contribution in [0.1, 0.15) is 33.5 Å². The molecule has 0 fully saturated rings. The Labute approximate surface area is 178 Å². The van der Waals surface area contributed by atoms with Crippen molar-refractivity contribution in [3.8, 4) is 5.69 Å². The number of aryl methyl sites for hydroxylation is 1. The van der Waals surface area contributed by atoms with Gasteiger partial charge in [0.25, 0.3) is 0 Å². The van der Waals surface area contributed by atoms with Gasteiger partial charge in [-0.1, -0.05) is 29.8 Å². The predicted octanol–water partition coefficient (Wildman–Crippen LogP) is 5.42. The third-order valence-corrected chi connectivity index (χ3v) is 5.11. The minimum atomic E-state index is -0.919. The molecule has 1 atom stereocenters. The van der Waals surface area contributed by atoms with Crippen molar-refractivity contribution >= 4 is 34.4 Å². The Bertz CT molecular complexity index is 1230. The molecule has 0 spiro atoms. The zero-order chi connectivity index (χ0) is 21.3. The molecular formula is C24H19ClN2O3. The lowest BCUT2D eigenvalue weighted by Crippen LogP contribution is -2.24. The molecule has 1 heterocycles. The van der Waals surface area contributed by atoms with Gasteiger partial charge in [0.15, 0.2) is 6.10 Å². The van der Waals surface area contributed by atoms with Crippen LogP contribution in [0.4, 0.5) is 0 Å². The van der Waals surface area contributed by atoms with Crippen LogP contribution in [-0.2, 0) is 4.74 Å². The molecule has 150 valence electrons. The zero-order valence-corrected chi connectivity index (χ0v) is 17.3. The average Bonchev–Trinajstić information content (AvgIpc) is 3.09. The van der Waals surface area contributed by atoms with Crippen LogP contribution in [0.25, 0.3) is 16.7 Å². The fraction of sp³-hybridized carbons (Fsp3) is 0.125. The van der Waals surface area contributed by atoms with E-state index in [1.807, 2.05) is 47.9 Å². The Morgan fingerprint density at radius 1 is 0.967 bits per heavy atom. The molecule has 6 heteroatoms. The number of carbonyl (C=O) groups excluding carboxylic acids is 2. The summed E-state index contributed by atoms with van der Waals surface area (Å²) in [5.74, 6) is -0.0445. The number of ketones is 1. The van der Waals surface area contributed by atoms with Crippen molar-refractivity contribution in [1.82, 2.24) is 9.55 Å². The second-order valence-corrected chi connectivity index (χ2v) is 7.39. The van der Waals surface area contributed by atoms with Gasteiger partial charge in [-0.15, -0.1) is 0 Å². The predicted molar refractivity (Wildman–Crippen MR) is 116 cm³/mol. The minimum absolute atomic E-state index is 0.287. The van der Waals surface area contributed by atoms with Crippen LogP contribution in [0.15, 0.2) is 72.8 Å². The van der Waals surface area contributed by atoms with Crippen molar-refractivity contribution in [2.45, 2.75) is 20.0 Å². The SMILES string of the molecule is Cc1nc2cc(C(=O)O[C@H](C)C(=O)c3ccc(Cl)cc3)ccc2n1-c1ccccc1. The summed E-state index contributed by atoms with van der Waals surface area (Å²) in [4.78, 5) is 29.7. The van der Waals surface area contributed by atoms with Crippen LogP contribution in [0.5, 0.6) is 0 Å². The van der Waals surface area contributed by atoms with Crippen LogP contribution < -0.4 is 0 Å². The molecule has 3 aromatic carbocycles. The molecule has 0 aliphatic carbocycles. The van der Waals surface area contributed by atoms with Crippen molar-refractivity contribution in [2.75, 3.05) is 0 Å². The van der Waals surface area contributed by atoms with Crippen molar-refractivity contribution in [2.24, 2.45) is 0 Å². The zero-order valence-electron chi connectivity index (χ0n) is 16.5. The lowest BCUT2D eigenvalue weighted by molar-refractivity contribution is 0.0319. The Morgan fingerprint density at radius 3 is 2.33 bits per heavy atom. The monoisotopic (exact) mass is 418 g/mol. The van der Waals surface area contributed by atoms with Crippen LogP contribution in [0.3, 0.4) is 0 Å². The summed E-state index contributed by atoms with van der Waals surface area (Å²) in [5.41, 5.74) is 3.35. The number of fused-ring (bicyclic) bond motifs is 1. The number of carbonyl (C=O) groups is 2. The number of aromatic nitrogens is 2. The second kappa shape index (κ2) is 8.13. The minimum Gasteiger partial charge on any atom is -0.451 e. The Kier molecular flexibility index (Phi) is 5.38. The quantitative estimate of drug-likeness (QED) is 0.321. The maximum atomic E-state index is 12.6. The van der Waals surface area contributed by atoms with Gasteiger partial charge in [-0.25, -0.2) is 9.78 Å². The Morgan fingerprint density at radius 2 is 1.63 bits per heavy atom. The third-order valence-electron chi connectivity index (χ3n) is 4.85. The van der Waals surface area contributed by atoms with E-state index in [1.54, 1.807) is 43.3 Å². The van der Waals surface area contributed by atoms with E-state index in [4.69, 9.17) is 16.3 Å². The largest absolute Gasteiger partial charge is 0.451 e. The Balaban J connectivity index is 1.56. The van der Waals surface area contributed by atoms with Gasteiger partial charge in [0.2, 0.25) is 5.78 Å². The second-order valence-electron chi connectivity index (χ2n) is 6.95. The Hall–Kier alpha value is -3.44. The summed E-state index contributed by atoms with van der Waals surface area (Å²) in [6, 6.07) is 21.6. The summed E-state index contributed by atoms with van der Waals surface area (Å²) in [7, 11) is 0. The molecule has 4 aromatic rings. The molecule has 0 bridgehead atoms. The number of nitrogens with zero attached hydrogens (tertiary/aromatic N) is 2. The fourth-order valence-corrected chi connectivity index (χ4v) is 3.49. The number of rotatable bonds is 5. The van der Waals surface area contributed by atoms with E-state index < -0.39 is 12.1 Å². The number of para-hydroxylation sites is 1. The summed E-state index contributed by atoms with van der Waals surface area (Å²) >= 11 is 5.86. The highest BCUT2D eigenvalue weighted by molar-refractivity contribution is 6.30. The van der Waals surface area contributed by atoms with Crippen LogP contribution in [0, 0.1) is 6.92 Å². The van der Waals surface area contributed by atoms with Gasteiger partial charge in [0, 0.05) is 16.3 Å². The van der Waals surface area contributed by atoms with Gasteiger partial charge in [-0.2, -0.15) is 0 Å². The number of imidazole rings is 1. The maximum absolute atomic E-state index is 12.6. The highest BCUT2D eigenvalue weighted by Gasteiger charge is 2.21. The van der Waals surface area contributed by atoms with Crippen molar-refractivity contribution in [3.63, 3.8) is 0 Å². The van der Waals surface area contributed by atoms with Gasteiger partial charge in [0.1, 0.15) is 5.82 Å². The number of Topliss-reactive ketones (excluding diaryl/α,β-unsaturated/α-hetero) is 1. The molecule has 0 aliphatic rings. The van der Waals surface area contributed by atoms with Crippen molar-refractivity contribution < 1.29 is 14.3 Å². The van der Waals surface area contributed by atoms with E-state index in [-0.39, 0.29) is 5.78 Å². The van der Waals surface area contributed by atoms with E-state index in [1.165, 1.54) is 0 Å². The number of ether oxygens (including phenoxy) is 1. The van der Waals surface area contributed by atoms with Crippen LogP contribution in [-0.4, -0.2) is 27.4 Å². The van der Waals surface area contributed by atoms with Crippen molar-refractivity contribution in [1.29, 1.82) is 0 Å². The van der Waals surface area contributed by atoms with Gasteiger partial charge < -0.3 is 4.74 Å². The number of benzene rings is 3. The number of hydrogen-bond donors (Lipinski definition) is 0. The first-order valence-corrected chi connectivity index (χ1v) is 9.87. The van der Waals surface area contributed by atoms with Gasteiger partial charge in [0.05, 0.1) is 16.6 Å². The van der Waals surface area contributed by atoms with Crippen LogP contribution in [0.2, 0.25) is 5.02 Å². The normalized spacial score (nSPS) is 12.0. The number of hydrogen-bond acceptors (Lipinski definition) is 4. The maximum Gasteiger partial charge on any atom is 0.338 e. The molecule has 5 nitrogen and oxygen atoms in total. The summed E-state index contributed by atoms with van der Waals surface area (Å²) in [6.45, 7) is 3.47. The third kappa shape index (κ3) is 3.84. The topological polar surface area (TPSA) is 61.2 Å². The molecule has 4 rings (SSSR count). The first kappa shape index (κ1) is 19.9. The van der Waals surface area contributed by atoms with Gasteiger partial charge in [-0.05, 0) is 68.4 Å². The lowest BCUT2D eigenvalue weighted by atomic mass is 10.1. The van der Waals surface area contributed by atoms with E-state index >= 15 is 0 Å². The first-order chi connectivity index (χ1) is 14.4. The molecule has 0 saturated carbocycles. The summed E-state index contributed by atoms with van der Waals surface area (Å²) in [6.07, 6.45) is -0.919. The van der Waals surface area contributed by atoms with E-state index in [0.29, 0.717) is 21.7 Å². The van der Waals surface area contributed by atoms with E-state index in [2.05, 4.69) is 4.98 Å². The molecule has 0 N–H and O–H groups in total. The molecular weight excluding hydrogens is 400 g/mol. The molecule has 0 aliphatic heterocycles. The number of halogens is 1. The average molecular weight is 419 g/mol. The molecule has 30 heavy (non-hydrogen) atoms. The highest BCUT2D eigenvalue weighted by Crippen LogP contribution is 2.23. The number of esters is 1. The smallest absolute Gasteiger partial charge is 0.338 e. The van der Waals surface area contributed by atoms with Gasteiger partial charge >= 0.3 is 5.97 Å². The molecule has 0 radical (unpaired) electrons. The van der Waals surface area contributed by atoms with Crippen molar-refractivity contribution in [3.05, 3.63) is 94.8 Å².